The maximum Gasteiger partial charge on any atom is 0.306 e. The average Bonchev–Trinajstić information content (AvgIpc) is 3.23. The van der Waals surface area contributed by atoms with Gasteiger partial charge in [0, 0.05) is 24.4 Å². The van der Waals surface area contributed by atoms with Crippen LogP contribution in [0.4, 0.5) is 0 Å². The van der Waals surface area contributed by atoms with Crippen molar-refractivity contribution in [2.75, 3.05) is 0 Å². The first-order valence-electron chi connectivity index (χ1n) is 8.06. The topological polar surface area (TPSA) is 79.3 Å². The largest absolute Gasteiger partial charge is 0.481 e. The number of hydrogen-bond donors (Lipinski definition) is 2. The van der Waals surface area contributed by atoms with Gasteiger partial charge in [0.15, 0.2) is 0 Å². The van der Waals surface area contributed by atoms with Crippen molar-refractivity contribution in [3.05, 3.63) is 30.1 Å². The lowest BCUT2D eigenvalue weighted by Crippen LogP contribution is -2.50. The number of pyridine rings is 1. The van der Waals surface area contributed by atoms with Gasteiger partial charge >= 0.3 is 5.97 Å². The summed E-state index contributed by atoms with van der Waals surface area (Å²) in [7, 11) is 0. The van der Waals surface area contributed by atoms with Crippen LogP contribution in [-0.2, 0) is 9.59 Å². The fourth-order valence-corrected chi connectivity index (χ4v) is 4.35. The number of carboxylic acid groups (broad SMARTS) is 1. The molecule has 1 aromatic heterocycles. The molecular formula is C17H20N2O3. The SMILES string of the molecule is O=C(O)C1C[C@@H]2C[C@@H](NC(=O)[C@@H]3C[C@H]3c3ccncc3)[C@@H]2C1. The van der Waals surface area contributed by atoms with Gasteiger partial charge in [-0.05, 0) is 61.1 Å². The van der Waals surface area contributed by atoms with Crippen LogP contribution in [0.15, 0.2) is 24.5 Å². The third-order valence-electron chi connectivity index (χ3n) is 5.76. The zero-order chi connectivity index (χ0) is 15.3. The Kier molecular flexibility index (Phi) is 3.17. The highest BCUT2D eigenvalue weighted by molar-refractivity contribution is 5.83. The monoisotopic (exact) mass is 300 g/mol. The van der Waals surface area contributed by atoms with E-state index in [0.29, 0.717) is 17.8 Å². The molecule has 2 N–H and O–H groups in total. The van der Waals surface area contributed by atoms with Crippen molar-refractivity contribution >= 4 is 11.9 Å². The first kappa shape index (κ1) is 13.7. The van der Waals surface area contributed by atoms with E-state index in [-0.39, 0.29) is 23.8 Å². The first-order valence-corrected chi connectivity index (χ1v) is 8.06. The van der Waals surface area contributed by atoms with Gasteiger partial charge in [0.05, 0.1) is 5.92 Å². The van der Waals surface area contributed by atoms with E-state index in [2.05, 4.69) is 10.3 Å². The maximum atomic E-state index is 12.4. The molecule has 4 rings (SSSR count). The molecule has 0 saturated heterocycles. The molecule has 116 valence electrons. The van der Waals surface area contributed by atoms with Crippen molar-refractivity contribution in [1.29, 1.82) is 0 Å². The third-order valence-corrected chi connectivity index (χ3v) is 5.76. The van der Waals surface area contributed by atoms with Crippen LogP contribution in [0.5, 0.6) is 0 Å². The van der Waals surface area contributed by atoms with Crippen LogP contribution in [0.3, 0.4) is 0 Å². The van der Waals surface area contributed by atoms with Crippen LogP contribution in [0.25, 0.3) is 0 Å². The Balaban J connectivity index is 1.31. The fraction of sp³-hybridized carbons (Fsp3) is 0.588. The summed E-state index contributed by atoms with van der Waals surface area (Å²) < 4.78 is 0. The Bertz CT molecular complexity index is 603. The minimum absolute atomic E-state index is 0.0816. The molecule has 3 saturated carbocycles. The molecule has 3 aliphatic rings. The van der Waals surface area contributed by atoms with Crippen LogP contribution in [-0.4, -0.2) is 28.0 Å². The molecule has 0 spiro atoms. The van der Waals surface area contributed by atoms with E-state index in [1.165, 1.54) is 5.56 Å². The van der Waals surface area contributed by atoms with E-state index in [1.54, 1.807) is 12.4 Å². The van der Waals surface area contributed by atoms with Gasteiger partial charge in [-0.2, -0.15) is 0 Å². The van der Waals surface area contributed by atoms with Crippen molar-refractivity contribution in [3.63, 3.8) is 0 Å². The molecule has 1 amide bonds. The number of rotatable bonds is 4. The number of nitrogens with one attached hydrogen (secondary N) is 1. The minimum atomic E-state index is -0.681. The molecule has 5 heteroatoms. The summed E-state index contributed by atoms with van der Waals surface area (Å²) in [5.41, 5.74) is 1.19. The minimum Gasteiger partial charge on any atom is -0.481 e. The fourth-order valence-electron chi connectivity index (χ4n) is 4.35. The lowest BCUT2D eigenvalue weighted by atomic mass is 9.71. The highest BCUT2D eigenvalue weighted by atomic mass is 16.4. The Morgan fingerprint density at radius 1 is 1.14 bits per heavy atom. The van der Waals surface area contributed by atoms with Gasteiger partial charge < -0.3 is 10.4 Å². The zero-order valence-electron chi connectivity index (χ0n) is 12.3. The van der Waals surface area contributed by atoms with Gasteiger partial charge in [0.1, 0.15) is 0 Å². The Hall–Kier alpha value is -1.91. The van der Waals surface area contributed by atoms with Crippen molar-refractivity contribution in [2.45, 2.75) is 37.6 Å². The molecule has 5 nitrogen and oxygen atoms in total. The highest BCUT2D eigenvalue weighted by Gasteiger charge is 2.52. The van der Waals surface area contributed by atoms with Gasteiger partial charge in [-0.1, -0.05) is 0 Å². The Labute approximate surface area is 129 Å². The molecule has 3 aliphatic carbocycles. The number of nitrogens with zero attached hydrogens (tertiary/aromatic N) is 1. The summed E-state index contributed by atoms with van der Waals surface area (Å²) in [6.07, 6.45) is 6.91. The smallest absolute Gasteiger partial charge is 0.306 e. The Morgan fingerprint density at radius 2 is 1.91 bits per heavy atom. The molecule has 1 aromatic rings. The van der Waals surface area contributed by atoms with Crippen molar-refractivity contribution in [2.24, 2.45) is 23.7 Å². The van der Waals surface area contributed by atoms with Crippen LogP contribution < -0.4 is 5.32 Å². The molecule has 1 heterocycles. The summed E-state index contributed by atoms with van der Waals surface area (Å²) in [5.74, 6) is 0.544. The molecule has 1 unspecified atom stereocenters. The van der Waals surface area contributed by atoms with Gasteiger partial charge in [-0.15, -0.1) is 0 Å². The number of carbonyl (C=O) groups excluding carboxylic acids is 1. The normalized spacial score (nSPS) is 38.7. The van der Waals surface area contributed by atoms with E-state index in [9.17, 15) is 9.59 Å². The number of amides is 1. The van der Waals surface area contributed by atoms with E-state index in [0.717, 1.165) is 25.7 Å². The van der Waals surface area contributed by atoms with Crippen LogP contribution in [0, 0.1) is 23.7 Å². The standard InChI is InChI=1S/C17H20N2O3/c20-16(14-8-12(14)9-1-3-18-4-2-9)19-15-7-10-5-11(17(21)22)6-13(10)15/h1-4,10-15H,5-8H2,(H,19,20)(H,21,22)/t10-,11?,12+,13-,14-,15-/m1/s1. The van der Waals surface area contributed by atoms with E-state index in [1.807, 2.05) is 12.1 Å². The second kappa shape index (κ2) is 5.07. The molecule has 0 aromatic carbocycles. The first-order chi connectivity index (χ1) is 10.6. The summed E-state index contributed by atoms with van der Waals surface area (Å²) in [5, 5.41) is 12.3. The lowest BCUT2D eigenvalue weighted by molar-refractivity contribution is -0.141. The number of carbonyl (C=O) groups is 2. The number of fused-ring (bicyclic) bond motifs is 1. The highest BCUT2D eigenvalue weighted by Crippen LogP contribution is 2.51. The van der Waals surface area contributed by atoms with Crippen LogP contribution >= 0.6 is 0 Å². The van der Waals surface area contributed by atoms with Crippen molar-refractivity contribution in [1.82, 2.24) is 10.3 Å². The lowest BCUT2D eigenvalue weighted by Gasteiger charge is -2.40. The summed E-state index contributed by atoms with van der Waals surface area (Å²) >= 11 is 0. The summed E-state index contributed by atoms with van der Waals surface area (Å²) in [6, 6.07) is 4.15. The van der Waals surface area contributed by atoms with Gasteiger partial charge in [-0.3, -0.25) is 14.6 Å². The van der Waals surface area contributed by atoms with Gasteiger partial charge in [0.2, 0.25) is 5.91 Å². The predicted octanol–water partition coefficient (Wildman–Crippen LogP) is 1.80. The number of hydrogen-bond acceptors (Lipinski definition) is 3. The second-order valence-electron chi connectivity index (χ2n) is 7.01. The molecule has 3 fully saturated rings. The molecular weight excluding hydrogens is 280 g/mol. The quantitative estimate of drug-likeness (QED) is 0.888. The summed E-state index contributed by atoms with van der Waals surface area (Å²) in [4.78, 5) is 27.4. The third kappa shape index (κ3) is 2.28. The average molecular weight is 300 g/mol. The van der Waals surface area contributed by atoms with Crippen LogP contribution in [0.2, 0.25) is 0 Å². The number of aliphatic carboxylic acids is 1. The van der Waals surface area contributed by atoms with Gasteiger partial charge in [0.25, 0.3) is 0 Å². The maximum absolute atomic E-state index is 12.4. The molecule has 0 radical (unpaired) electrons. The van der Waals surface area contributed by atoms with Crippen LogP contribution in [0.1, 0.15) is 37.2 Å². The zero-order valence-corrected chi connectivity index (χ0v) is 12.3. The van der Waals surface area contributed by atoms with E-state index < -0.39 is 5.97 Å². The summed E-state index contributed by atoms with van der Waals surface area (Å²) in [6.45, 7) is 0. The second-order valence-corrected chi connectivity index (χ2v) is 7.01. The van der Waals surface area contributed by atoms with E-state index in [4.69, 9.17) is 5.11 Å². The van der Waals surface area contributed by atoms with Crippen molar-refractivity contribution < 1.29 is 14.7 Å². The number of aromatic nitrogens is 1. The molecule has 22 heavy (non-hydrogen) atoms. The Morgan fingerprint density at radius 3 is 2.64 bits per heavy atom. The predicted molar refractivity (Wildman–Crippen MR) is 79.0 cm³/mol. The molecule has 6 atom stereocenters. The molecule has 0 aliphatic heterocycles. The number of carboxylic acids is 1. The van der Waals surface area contributed by atoms with Gasteiger partial charge in [-0.25, -0.2) is 0 Å². The van der Waals surface area contributed by atoms with Crippen molar-refractivity contribution in [3.8, 4) is 0 Å². The van der Waals surface area contributed by atoms with E-state index >= 15 is 0 Å². The molecule has 0 bridgehead atoms.